The van der Waals surface area contributed by atoms with E-state index in [0.29, 0.717) is 11.3 Å². The van der Waals surface area contributed by atoms with Crippen LogP contribution in [0.25, 0.3) is 0 Å². The van der Waals surface area contributed by atoms with Crippen molar-refractivity contribution in [3.8, 4) is 5.75 Å². The number of hydrogen-bond acceptors (Lipinski definition) is 4. The minimum atomic E-state index is -1.08. The van der Waals surface area contributed by atoms with E-state index in [9.17, 15) is 10.2 Å². The smallest absolute Gasteiger partial charge is 0.261 e. The highest BCUT2D eigenvalue weighted by Gasteiger charge is 2.29. The quantitative estimate of drug-likeness (QED) is 0.603. The second-order valence-corrected chi connectivity index (χ2v) is 3.02. The number of aliphatic hydroxyl groups excluding tert-OH is 2. The number of fused-ring (bicyclic) bond motifs is 1. The summed E-state index contributed by atoms with van der Waals surface area (Å²) in [7, 11) is 1.59. The molecule has 0 bridgehead atoms. The lowest BCUT2D eigenvalue weighted by Gasteiger charge is -2.34. The molecule has 0 saturated heterocycles. The molecule has 4 nitrogen and oxygen atoms in total. The fourth-order valence-electron chi connectivity index (χ4n) is 1.34. The maximum absolute atomic E-state index is 9.69. The minimum absolute atomic E-state index is 0.528. The Bertz CT molecular complexity index is 315. The van der Waals surface area contributed by atoms with Crippen LogP contribution >= 0.6 is 0 Å². The average Bonchev–Trinajstić information content (AvgIpc) is 2.15. The molecule has 1 aliphatic heterocycles. The van der Waals surface area contributed by atoms with Crippen LogP contribution in [0.15, 0.2) is 24.3 Å². The topological polar surface area (TPSA) is 52.9 Å². The van der Waals surface area contributed by atoms with Crippen molar-refractivity contribution in [3.05, 3.63) is 29.8 Å². The normalized spacial score (nSPS) is 27.9. The highest BCUT2D eigenvalue weighted by Crippen LogP contribution is 2.32. The number of hydrogen-bond donors (Lipinski definition) is 2. The lowest BCUT2D eigenvalue weighted by Crippen LogP contribution is -2.42. The van der Waals surface area contributed by atoms with Gasteiger partial charge in [0.05, 0.1) is 0 Å². The van der Waals surface area contributed by atoms with Crippen LogP contribution in [-0.2, 0) is 0 Å². The Labute approximate surface area is 76.0 Å². The molecule has 0 aliphatic carbocycles. The number of ether oxygens (including phenoxy) is 1. The van der Waals surface area contributed by atoms with Gasteiger partial charge in [0.15, 0.2) is 0 Å². The maximum Gasteiger partial charge on any atom is 0.261 e. The van der Waals surface area contributed by atoms with E-state index in [1.54, 1.807) is 25.2 Å². The van der Waals surface area contributed by atoms with Crippen LogP contribution in [0, 0.1) is 0 Å². The van der Waals surface area contributed by atoms with E-state index >= 15 is 0 Å². The summed E-state index contributed by atoms with van der Waals surface area (Å²) in [6.07, 6.45) is -1.88. The summed E-state index contributed by atoms with van der Waals surface area (Å²) in [5.74, 6) is 0.528. The van der Waals surface area contributed by atoms with Gasteiger partial charge in [-0.25, -0.2) is 4.90 Å². The van der Waals surface area contributed by atoms with Crippen molar-refractivity contribution in [1.29, 1.82) is 0 Å². The van der Waals surface area contributed by atoms with Gasteiger partial charge in [0.1, 0.15) is 12.0 Å². The third-order valence-corrected chi connectivity index (χ3v) is 2.16. The highest BCUT2D eigenvalue weighted by atomic mass is 16.6. The first-order chi connectivity index (χ1) is 6.20. The van der Waals surface area contributed by atoms with Gasteiger partial charge < -0.3 is 14.9 Å². The van der Waals surface area contributed by atoms with Crippen LogP contribution in [0.2, 0.25) is 0 Å². The van der Waals surface area contributed by atoms with Crippen LogP contribution in [0.4, 0.5) is 0 Å². The lowest BCUT2D eigenvalue weighted by atomic mass is 10.1. The Morgan fingerprint density at radius 1 is 1.31 bits per heavy atom. The van der Waals surface area contributed by atoms with Gasteiger partial charge in [-0.2, -0.15) is 0 Å². The van der Waals surface area contributed by atoms with Crippen molar-refractivity contribution in [3.63, 3.8) is 0 Å². The van der Waals surface area contributed by atoms with Gasteiger partial charge in [-0.1, -0.05) is 18.2 Å². The van der Waals surface area contributed by atoms with Gasteiger partial charge in [0.2, 0.25) is 0 Å². The van der Waals surface area contributed by atoms with Gasteiger partial charge >= 0.3 is 0 Å². The van der Waals surface area contributed by atoms with E-state index in [4.69, 9.17) is 4.74 Å². The third-order valence-electron chi connectivity index (χ3n) is 2.16. The van der Waals surface area contributed by atoms with Crippen molar-refractivity contribution >= 4 is 0 Å². The molecule has 0 aromatic heterocycles. The molecule has 0 fully saturated rings. The molecule has 0 amide bonds. The molecule has 0 saturated carbocycles. The van der Waals surface area contributed by atoms with E-state index in [1.807, 2.05) is 6.07 Å². The zero-order valence-electron chi connectivity index (χ0n) is 7.21. The Morgan fingerprint density at radius 2 is 2.00 bits per heavy atom. The molecule has 2 N–H and O–H groups in total. The van der Waals surface area contributed by atoms with Gasteiger partial charge in [0, 0.05) is 5.56 Å². The Kier molecular flexibility index (Phi) is 1.95. The monoisotopic (exact) mass is 181 g/mol. The van der Waals surface area contributed by atoms with Crippen molar-refractivity contribution in [2.75, 3.05) is 7.05 Å². The van der Waals surface area contributed by atoms with Crippen LogP contribution in [-0.4, -0.2) is 28.6 Å². The Balaban J connectivity index is 2.43. The van der Waals surface area contributed by atoms with E-state index in [-0.39, 0.29) is 0 Å². The summed E-state index contributed by atoms with van der Waals surface area (Å²) < 4.78 is 5.14. The van der Waals surface area contributed by atoms with Crippen LogP contribution < -0.4 is 4.74 Å². The minimum Gasteiger partial charge on any atom is -0.451 e. The van der Waals surface area contributed by atoms with Crippen molar-refractivity contribution in [2.45, 2.75) is 12.6 Å². The standard InChI is InChI=1S/C9H11NO3/c1-10-8(11)6-4-2-3-5-7(6)13-9(10)12/h2-5,8-9,11-12H,1H3/t8-,9+/m1/s1. The summed E-state index contributed by atoms with van der Waals surface area (Å²) in [5, 5.41) is 19.0. The molecular formula is C9H11NO3. The van der Waals surface area contributed by atoms with Crippen LogP contribution in [0.5, 0.6) is 5.75 Å². The molecular weight excluding hydrogens is 170 g/mol. The predicted molar refractivity (Wildman–Crippen MR) is 45.8 cm³/mol. The van der Waals surface area contributed by atoms with E-state index in [0.717, 1.165) is 0 Å². The van der Waals surface area contributed by atoms with Gasteiger partial charge in [-0.05, 0) is 13.1 Å². The fourth-order valence-corrected chi connectivity index (χ4v) is 1.34. The lowest BCUT2D eigenvalue weighted by molar-refractivity contribution is -0.197. The summed E-state index contributed by atoms with van der Waals surface area (Å²) >= 11 is 0. The van der Waals surface area contributed by atoms with Gasteiger partial charge in [-0.3, -0.25) is 0 Å². The highest BCUT2D eigenvalue weighted by molar-refractivity contribution is 5.36. The Morgan fingerprint density at radius 3 is 2.77 bits per heavy atom. The average molecular weight is 181 g/mol. The molecule has 2 atom stereocenters. The number of benzene rings is 1. The molecule has 0 spiro atoms. The summed E-state index contributed by atoms with van der Waals surface area (Å²) in [4.78, 5) is 1.34. The molecule has 70 valence electrons. The summed E-state index contributed by atoms with van der Waals surface area (Å²) in [6, 6.07) is 7.09. The SMILES string of the molecule is CN1[C@H](O)c2ccccc2O[C@@H]1O. The summed E-state index contributed by atoms with van der Waals surface area (Å²) in [5.41, 5.74) is 0.676. The number of para-hydroxylation sites is 1. The molecule has 4 heteroatoms. The molecule has 1 aliphatic rings. The van der Waals surface area contributed by atoms with E-state index in [1.165, 1.54) is 4.90 Å². The predicted octanol–water partition coefficient (Wildman–Crippen LogP) is 0.278. The summed E-state index contributed by atoms with van der Waals surface area (Å²) in [6.45, 7) is 0. The van der Waals surface area contributed by atoms with Gasteiger partial charge in [0.25, 0.3) is 6.41 Å². The number of rotatable bonds is 0. The molecule has 1 heterocycles. The number of nitrogens with zero attached hydrogens (tertiary/aromatic N) is 1. The fraction of sp³-hybridized carbons (Fsp3) is 0.333. The van der Waals surface area contributed by atoms with E-state index < -0.39 is 12.6 Å². The zero-order chi connectivity index (χ0) is 9.42. The second-order valence-electron chi connectivity index (χ2n) is 3.02. The van der Waals surface area contributed by atoms with Crippen molar-refractivity contribution in [2.24, 2.45) is 0 Å². The number of aliphatic hydroxyl groups is 2. The van der Waals surface area contributed by atoms with Crippen molar-refractivity contribution < 1.29 is 14.9 Å². The molecule has 0 radical (unpaired) electrons. The Hall–Kier alpha value is -1.10. The first-order valence-electron chi connectivity index (χ1n) is 4.04. The molecule has 0 unspecified atom stereocenters. The van der Waals surface area contributed by atoms with Crippen LogP contribution in [0.3, 0.4) is 0 Å². The first-order valence-corrected chi connectivity index (χ1v) is 4.04. The van der Waals surface area contributed by atoms with Gasteiger partial charge in [-0.15, -0.1) is 0 Å². The third kappa shape index (κ3) is 1.29. The molecule has 2 rings (SSSR count). The maximum atomic E-state index is 9.69. The first kappa shape index (κ1) is 8.50. The zero-order valence-corrected chi connectivity index (χ0v) is 7.21. The molecule has 13 heavy (non-hydrogen) atoms. The molecule has 1 aromatic carbocycles. The largest absolute Gasteiger partial charge is 0.451 e. The molecule has 1 aromatic rings. The van der Waals surface area contributed by atoms with Crippen molar-refractivity contribution in [1.82, 2.24) is 4.90 Å². The van der Waals surface area contributed by atoms with Crippen LogP contribution in [0.1, 0.15) is 11.8 Å². The van der Waals surface area contributed by atoms with E-state index in [2.05, 4.69) is 0 Å². The second kappa shape index (κ2) is 2.99.